The average Bonchev–Trinajstić information content (AvgIpc) is 3.18. The first-order chi connectivity index (χ1) is 14.6. The van der Waals surface area contributed by atoms with Crippen LogP contribution < -0.4 is 22.1 Å². The van der Waals surface area contributed by atoms with Gasteiger partial charge in [0.1, 0.15) is 0 Å². The number of unbranched alkanes of at least 4 members (excludes halogenated alkanes) is 1. The van der Waals surface area contributed by atoms with Gasteiger partial charge in [-0.05, 0) is 6.92 Å². The Morgan fingerprint density at radius 2 is 1.84 bits per heavy atom. The molecular formula is C20H36BN6O4+. The third-order valence-corrected chi connectivity index (χ3v) is 5.33. The number of nitrogens with two attached hydrogens (primary N) is 2. The number of rotatable bonds is 12. The van der Waals surface area contributed by atoms with E-state index in [2.05, 4.69) is 15.4 Å². The average molecular weight is 435 g/mol. The third kappa shape index (κ3) is 8.71. The number of nitrogens with one attached hydrogen (secondary N) is 2. The molecule has 6 N–H and O–H groups in total. The summed E-state index contributed by atoms with van der Waals surface area (Å²) in [7, 11) is 5.17. The summed E-state index contributed by atoms with van der Waals surface area (Å²) in [4.78, 5) is 51.2. The topological polar surface area (TPSA) is 152 Å². The molecule has 0 spiro atoms. The van der Waals surface area contributed by atoms with Gasteiger partial charge < -0.3 is 5.73 Å². The van der Waals surface area contributed by atoms with E-state index in [4.69, 9.17) is 19.0 Å². The minimum atomic E-state index is -0.838. The van der Waals surface area contributed by atoms with E-state index in [1.165, 1.54) is 11.8 Å². The van der Waals surface area contributed by atoms with Gasteiger partial charge in [0.15, 0.2) is 0 Å². The molecule has 4 atom stereocenters. The molecule has 1 fully saturated rings. The van der Waals surface area contributed by atoms with Gasteiger partial charge in [-0.3, -0.25) is 4.79 Å². The van der Waals surface area contributed by atoms with Gasteiger partial charge in [0.05, 0.1) is 0 Å². The molecule has 1 heterocycles. The van der Waals surface area contributed by atoms with Crippen molar-refractivity contribution < 1.29 is 19.2 Å². The molecule has 0 aromatic heterocycles. The molecule has 1 aliphatic rings. The van der Waals surface area contributed by atoms with Gasteiger partial charge in [-0.1, -0.05) is 0 Å². The van der Waals surface area contributed by atoms with Crippen molar-refractivity contribution in [2.24, 2.45) is 17.4 Å². The first-order valence-electron chi connectivity index (χ1n) is 10.9. The normalized spacial score (nSPS) is 18.8. The molecule has 4 unspecified atom stereocenters. The molecule has 1 rings (SSSR count). The zero-order valence-electron chi connectivity index (χ0n) is 18.8. The molecule has 1 saturated heterocycles. The number of hydrogen-bond acceptors (Lipinski definition) is 5. The van der Waals surface area contributed by atoms with Gasteiger partial charge in [-0.2, -0.15) is 0 Å². The van der Waals surface area contributed by atoms with Crippen LogP contribution in [0, 0.1) is 5.92 Å². The van der Waals surface area contributed by atoms with Crippen molar-refractivity contribution in [3.8, 4) is 0 Å². The SMILES string of the molecule is B#[N+]CCCCC(NC(=O)C(N)CC(C)C)C(=O)N1CCCC1C(=O)NC(C)C(N)=O. The monoisotopic (exact) mass is 435 g/mol. The number of carbonyl (C=O) groups is 4. The molecule has 0 aromatic rings. The molecule has 4 amide bonds. The van der Waals surface area contributed by atoms with Crippen molar-refractivity contribution in [2.75, 3.05) is 13.1 Å². The Labute approximate surface area is 185 Å². The predicted molar refractivity (Wildman–Crippen MR) is 119 cm³/mol. The maximum atomic E-state index is 13.3. The summed E-state index contributed by atoms with van der Waals surface area (Å²) in [6.45, 7) is 6.27. The number of likely N-dealkylation sites (tertiary alicyclic amines) is 1. The van der Waals surface area contributed by atoms with Crippen LogP contribution in [-0.2, 0) is 19.2 Å². The Morgan fingerprint density at radius 3 is 2.42 bits per heavy atom. The van der Waals surface area contributed by atoms with Crippen molar-refractivity contribution in [1.82, 2.24) is 15.5 Å². The van der Waals surface area contributed by atoms with E-state index < -0.39 is 41.9 Å². The second-order valence-corrected chi connectivity index (χ2v) is 8.52. The zero-order valence-corrected chi connectivity index (χ0v) is 18.8. The molecule has 10 nitrogen and oxygen atoms in total. The molecule has 0 aromatic carbocycles. The van der Waals surface area contributed by atoms with Crippen LogP contribution in [0.1, 0.15) is 59.3 Å². The molecule has 1 aliphatic heterocycles. The predicted octanol–water partition coefficient (Wildman–Crippen LogP) is -0.547. The van der Waals surface area contributed by atoms with Gasteiger partial charge in [0.2, 0.25) is 5.91 Å². The van der Waals surface area contributed by atoms with Crippen molar-refractivity contribution in [3.05, 3.63) is 4.74 Å². The van der Waals surface area contributed by atoms with Gasteiger partial charge in [0, 0.05) is 0 Å². The third-order valence-electron chi connectivity index (χ3n) is 5.33. The summed E-state index contributed by atoms with van der Waals surface area (Å²) in [6.07, 6.45) is 3.31. The van der Waals surface area contributed by atoms with Crippen LogP contribution in [-0.4, -0.2) is 73.3 Å². The van der Waals surface area contributed by atoms with E-state index in [0.29, 0.717) is 51.6 Å². The minimum Gasteiger partial charge on any atom is -0.368 e. The Hall–Kier alpha value is -2.39. The molecule has 0 radical (unpaired) electrons. The standard InChI is InChI=1S/C20H35BN6O4/c1-12(2)11-14(22)18(29)26-15(7-4-5-9-24-21)20(31)27-10-6-8-16(27)19(30)25-13(3)17(23)28/h12-16H,4-11,22H2,1-3H3,(H3-,23,25,26,28,29,30)/p+1. The molecule has 172 valence electrons. The van der Waals surface area contributed by atoms with E-state index in [9.17, 15) is 19.2 Å². The summed E-state index contributed by atoms with van der Waals surface area (Å²) in [6, 6.07) is -3.07. The Bertz CT molecular complexity index is 696. The Morgan fingerprint density at radius 1 is 1.16 bits per heavy atom. The number of hydrogen-bond donors (Lipinski definition) is 4. The molecule has 0 aliphatic carbocycles. The number of amides is 4. The van der Waals surface area contributed by atoms with E-state index in [1.54, 1.807) is 0 Å². The van der Waals surface area contributed by atoms with Crippen LogP contribution in [0.3, 0.4) is 0 Å². The van der Waals surface area contributed by atoms with Crippen LogP contribution >= 0.6 is 0 Å². The summed E-state index contributed by atoms with van der Waals surface area (Å²) in [5.74, 6) is -1.57. The fourth-order valence-corrected chi connectivity index (χ4v) is 3.59. The van der Waals surface area contributed by atoms with Crippen LogP contribution in [0.4, 0.5) is 0 Å². The molecule has 0 bridgehead atoms. The molecule has 11 heteroatoms. The summed E-state index contributed by atoms with van der Waals surface area (Å²) >= 11 is 0. The van der Waals surface area contributed by atoms with Gasteiger partial charge in [0.25, 0.3) is 0 Å². The fraction of sp³-hybridized carbons (Fsp3) is 0.800. The van der Waals surface area contributed by atoms with Crippen LogP contribution in [0.15, 0.2) is 0 Å². The zero-order chi connectivity index (χ0) is 23.6. The minimum absolute atomic E-state index is 0.236. The Kier molecular flexibility index (Phi) is 11.3. The second-order valence-electron chi connectivity index (χ2n) is 8.52. The van der Waals surface area contributed by atoms with E-state index in [1.807, 2.05) is 13.8 Å². The van der Waals surface area contributed by atoms with Gasteiger partial charge >= 0.3 is 161 Å². The first kappa shape index (κ1) is 26.6. The molecular weight excluding hydrogens is 399 g/mol. The van der Waals surface area contributed by atoms with Crippen molar-refractivity contribution in [3.63, 3.8) is 0 Å². The Balaban J connectivity index is 2.90. The summed E-state index contributed by atoms with van der Waals surface area (Å²) < 4.78 is 3.56. The van der Waals surface area contributed by atoms with Gasteiger partial charge in [-0.25, -0.2) is 0 Å². The maximum absolute atomic E-state index is 13.3. The van der Waals surface area contributed by atoms with Crippen LogP contribution in [0.2, 0.25) is 0 Å². The van der Waals surface area contributed by atoms with E-state index in [0.717, 1.165) is 0 Å². The first-order valence-corrected chi connectivity index (χ1v) is 10.9. The smallest absolute Gasteiger partial charge is 0.368 e. The van der Waals surface area contributed by atoms with Crippen molar-refractivity contribution in [2.45, 2.75) is 83.5 Å². The number of nitrogens with zero attached hydrogens (tertiary/aromatic N) is 2. The second kappa shape index (κ2) is 13.1. The van der Waals surface area contributed by atoms with Crippen molar-refractivity contribution >= 4 is 31.1 Å². The quantitative estimate of drug-likeness (QED) is 0.240. The van der Waals surface area contributed by atoms with Crippen molar-refractivity contribution in [1.29, 1.82) is 0 Å². The van der Waals surface area contributed by atoms with Crippen LogP contribution in [0.5, 0.6) is 0 Å². The summed E-state index contributed by atoms with van der Waals surface area (Å²) in [5, 5.41) is 5.32. The molecule has 0 saturated carbocycles. The molecule has 31 heavy (non-hydrogen) atoms. The van der Waals surface area contributed by atoms with E-state index in [-0.39, 0.29) is 11.8 Å². The van der Waals surface area contributed by atoms with Gasteiger partial charge in [-0.15, -0.1) is 0 Å². The number of carbonyl (C=O) groups excluding carboxylic acids is 4. The summed E-state index contributed by atoms with van der Waals surface area (Å²) in [5.41, 5.74) is 11.2. The fourth-order valence-electron chi connectivity index (χ4n) is 3.59. The van der Waals surface area contributed by atoms with E-state index >= 15 is 0 Å². The number of primary amides is 1. The van der Waals surface area contributed by atoms with Crippen LogP contribution in [0.25, 0.3) is 4.74 Å².